The van der Waals surface area contributed by atoms with Crippen LogP contribution in [-0.2, 0) is 103 Å². The third kappa shape index (κ3) is 38.1. The normalized spacial score (nSPS) is 17.4. The van der Waals surface area contributed by atoms with Crippen molar-refractivity contribution in [3.05, 3.63) is 0 Å². The molecule has 0 aliphatic heterocycles. The minimum Gasteiger partial charge on any atom is -0.393 e. The van der Waals surface area contributed by atoms with E-state index in [1.807, 2.05) is 138 Å². The molecule has 0 spiro atoms. The van der Waals surface area contributed by atoms with E-state index >= 15 is 0 Å². The molecule has 0 aliphatic rings. The summed E-state index contributed by atoms with van der Waals surface area (Å²) in [4.78, 5) is 0. The Balaban J connectivity index is -0.0000000850. The van der Waals surface area contributed by atoms with Crippen LogP contribution in [0.3, 0.4) is 0 Å². The number of hydrogen-bond donors (Lipinski definition) is 8. The molecule has 0 bridgehead atoms. The molecule has 12 heteroatoms. The molecule has 0 aliphatic carbocycles. The van der Waals surface area contributed by atoms with Gasteiger partial charge < -0.3 is 40.9 Å². The second-order valence-corrected chi connectivity index (χ2v) is 19.9. The summed E-state index contributed by atoms with van der Waals surface area (Å²) in [5, 5.41) is 77.5. The summed E-state index contributed by atoms with van der Waals surface area (Å²) in [6, 6.07) is 0. The molecule has 320 valence electrons. The molecule has 8 N–H and O–H groups in total. The van der Waals surface area contributed by atoms with Gasteiger partial charge in [0.25, 0.3) is 0 Å². The molecule has 0 rings (SSSR count). The van der Waals surface area contributed by atoms with Gasteiger partial charge in [-0.15, -0.1) is 0 Å². The molecule has 8 nitrogen and oxygen atoms in total. The number of aliphatic hydroxyl groups is 8. The van der Waals surface area contributed by atoms with E-state index in [4.69, 9.17) is 0 Å². The van der Waals surface area contributed by atoms with Crippen LogP contribution in [0.15, 0.2) is 0 Å². The van der Waals surface area contributed by atoms with E-state index in [1.54, 1.807) is 0 Å². The van der Waals surface area contributed by atoms with E-state index < -0.39 is 30.5 Å². The first-order valence-corrected chi connectivity index (χ1v) is 19.5. The summed E-state index contributed by atoms with van der Waals surface area (Å²) < 4.78 is 0. The van der Waals surface area contributed by atoms with Crippen LogP contribution in [0.1, 0.15) is 177 Å². The SMILES string of the molecule is CC(C)C(O)C(C)C(O)C(C)(C)C.CC(C)C(O)CC(O)C(C)(C)C.CCCC(O)C(C)C(O)C(C)(C)C.CCCC(O)CC(O)C(C)(C)C.[Sc].[Sc].[Sc].[Sc]. The Morgan fingerprint density at radius 1 is 0.389 bits per heavy atom. The van der Waals surface area contributed by atoms with Crippen molar-refractivity contribution >= 4 is 0 Å². The van der Waals surface area contributed by atoms with Crippen molar-refractivity contribution in [2.75, 3.05) is 0 Å². The van der Waals surface area contributed by atoms with Crippen molar-refractivity contribution in [2.24, 2.45) is 45.3 Å². The Morgan fingerprint density at radius 2 is 0.704 bits per heavy atom. The number of rotatable bonds is 14. The van der Waals surface area contributed by atoms with Gasteiger partial charge in [-0.2, -0.15) is 0 Å². The zero-order valence-corrected chi connectivity index (χ0v) is 46.3. The first-order valence-electron chi connectivity index (χ1n) is 19.5. The zero-order chi connectivity index (χ0) is 41.2. The maximum Gasteiger partial charge on any atom is 0.0638 e. The van der Waals surface area contributed by atoms with Gasteiger partial charge in [-0.25, -0.2) is 0 Å². The average molecular weight is 905 g/mol. The van der Waals surface area contributed by atoms with Crippen LogP contribution in [-0.4, -0.2) is 89.7 Å². The van der Waals surface area contributed by atoms with E-state index in [-0.39, 0.29) is 167 Å². The van der Waals surface area contributed by atoms with Crippen molar-refractivity contribution in [3.8, 4) is 0 Å². The van der Waals surface area contributed by atoms with Crippen LogP contribution in [0.25, 0.3) is 0 Å². The molecule has 0 aromatic rings. The molecule has 0 saturated heterocycles. The van der Waals surface area contributed by atoms with Crippen molar-refractivity contribution in [1.29, 1.82) is 0 Å². The van der Waals surface area contributed by atoms with E-state index in [1.165, 1.54) is 0 Å². The van der Waals surface area contributed by atoms with Crippen LogP contribution in [0.5, 0.6) is 0 Å². The number of hydrogen-bond acceptors (Lipinski definition) is 8. The van der Waals surface area contributed by atoms with Crippen molar-refractivity contribution in [2.45, 2.75) is 226 Å². The Morgan fingerprint density at radius 3 is 0.963 bits per heavy atom. The minimum atomic E-state index is -0.454. The summed E-state index contributed by atoms with van der Waals surface area (Å²) in [7, 11) is 0. The smallest absolute Gasteiger partial charge is 0.0638 e. The summed E-state index contributed by atoms with van der Waals surface area (Å²) in [5.41, 5.74) is -0.548. The standard InChI is InChI=1S/2C11H24O2.2C10H22O2.4Sc/c1-7(2)9(12)8(3)10(13)11(4,5)6;1-6-7-9(12)8(2)10(13)11(3,4)5;1-7(2)8(11)6-9(12)10(3,4)5;1-5-6-8(11)7-9(12)10(2,3)4;;;;/h7-10,12-13H,1-6H3;8-10,12-13H,6-7H2,1-5H3;7-9,11-12H,6H2,1-5H3;8-9,11-12H,5-7H2,1-4H3;;;;. The van der Waals surface area contributed by atoms with Crippen molar-refractivity contribution < 1.29 is 144 Å². The molecule has 0 amide bonds. The van der Waals surface area contributed by atoms with Gasteiger partial charge in [0.1, 0.15) is 0 Å². The largest absolute Gasteiger partial charge is 0.393 e. The van der Waals surface area contributed by atoms with Gasteiger partial charge in [0.2, 0.25) is 0 Å². The molecule has 10 atom stereocenters. The Hall–Kier alpha value is 3.16. The van der Waals surface area contributed by atoms with E-state index in [0.29, 0.717) is 12.8 Å². The van der Waals surface area contributed by atoms with Gasteiger partial charge >= 0.3 is 0 Å². The average Bonchev–Trinajstić information content (AvgIpc) is 2.94. The summed E-state index contributed by atoms with van der Waals surface area (Å²) in [6.45, 7) is 39.6. The molecule has 0 fully saturated rings. The van der Waals surface area contributed by atoms with Gasteiger partial charge in [0.05, 0.1) is 48.8 Å². The molecule has 0 saturated carbocycles. The quantitative estimate of drug-likeness (QED) is 0.0872. The maximum atomic E-state index is 9.91. The van der Waals surface area contributed by atoms with Crippen LogP contribution in [0.2, 0.25) is 0 Å². The Bertz CT molecular complexity index is 808. The molecule has 54 heavy (non-hydrogen) atoms. The molecular weight excluding hydrogens is 812 g/mol. The maximum absolute atomic E-state index is 9.91. The molecule has 4 radical (unpaired) electrons. The van der Waals surface area contributed by atoms with E-state index in [2.05, 4.69) is 0 Å². The third-order valence-corrected chi connectivity index (χ3v) is 9.53. The summed E-state index contributed by atoms with van der Waals surface area (Å²) in [6.07, 6.45) is 1.21. The van der Waals surface area contributed by atoms with Gasteiger partial charge in [-0.1, -0.05) is 151 Å². The van der Waals surface area contributed by atoms with Crippen LogP contribution < -0.4 is 0 Å². The third-order valence-electron chi connectivity index (χ3n) is 9.53. The second kappa shape index (κ2) is 35.7. The second-order valence-electron chi connectivity index (χ2n) is 19.9. The van der Waals surface area contributed by atoms with Crippen molar-refractivity contribution in [3.63, 3.8) is 0 Å². The van der Waals surface area contributed by atoms with Crippen molar-refractivity contribution in [1.82, 2.24) is 0 Å². The fourth-order valence-electron chi connectivity index (χ4n) is 5.06. The summed E-state index contributed by atoms with van der Waals surface area (Å²) in [5.74, 6) is 0.314. The fraction of sp³-hybridized carbons (Fsp3) is 1.00. The number of aliphatic hydroxyl groups excluding tert-OH is 8. The van der Waals surface area contributed by atoms with Crippen LogP contribution in [0, 0.1) is 45.3 Å². The van der Waals surface area contributed by atoms with Gasteiger partial charge in [-0.05, 0) is 59.2 Å². The molecule has 10 unspecified atom stereocenters. The monoisotopic (exact) mass is 905 g/mol. The molecule has 0 aromatic heterocycles. The molecule has 0 heterocycles. The fourth-order valence-corrected chi connectivity index (χ4v) is 5.06. The van der Waals surface area contributed by atoms with E-state index in [9.17, 15) is 40.9 Å². The zero-order valence-electron chi connectivity index (χ0n) is 39.1. The minimum absolute atomic E-state index is 0. The van der Waals surface area contributed by atoms with E-state index in [0.717, 1.165) is 25.7 Å². The van der Waals surface area contributed by atoms with Gasteiger partial charge in [0, 0.05) is 115 Å². The Kier molecular flexibility index (Phi) is 49.4. The van der Waals surface area contributed by atoms with Crippen LogP contribution in [0.4, 0.5) is 0 Å². The first-order chi connectivity index (χ1) is 22.1. The molecule has 0 aromatic carbocycles. The first kappa shape index (κ1) is 74.6. The molecular formula is C42H92O8Sc4. The van der Waals surface area contributed by atoms with Gasteiger partial charge in [0.15, 0.2) is 0 Å². The topological polar surface area (TPSA) is 162 Å². The van der Waals surface area contributed by atoms with Gasteiger partial charge in [-0.3, -0.25) is 0 Å². The van der Waals surface area contributed by atoms with Crippen LogP contribution >= 0.6 is 0 Å². The predicted molar refractivity (Wildman–Crippen MR) is 213 cm³/mol. The predicted octanol–water partition coefficient (Wildman–Crippen LogP) is 7.97. The Labute approximate surface area is 411 Å². The summed E-state index contributed by atoms with van der Waals surface area (Å²) >= 11 is 0.